The third-order valence-corrected chi connectivity index (χ3v) is 16.1. The van der Waals surface area contributed by atoms with Crippen LogP contribution in [0.3, 0.4) is 0 Å². The number of nitrogens with zero attached hydrogens (tertiary/aromatic N) is 5. The van der Waals surface area contributed by atoms with Crippen molar-refractivity contribution in [3.05, 3.63) is 11.6 Å². The maximum Gasteiger partial charge on any atom is 0.307 e. The number of aliphatic carboxylic acids is 1. The first-order valence-corrected chi connectivity index (χ1v) is 18.9. The minimum absolute atomic E-state index is 0.129. The summed E-state index contributed by atoms with van der Waals surface area (Å²) in [5.74, 6) is 1.29. The standard InChI is InChI=1S/C38H62N6O4/c1-22(2)23(3)34(4)16-17-36(6)25-12-13-29-35(5)20-47-21-38(29,26(25)14-15-37(36,7)30(34)32(45)46)18-27(44-41-33(39)40-42-44)31(35)48-19-28(43(8)9)24-10-11-24/h14,22-25,27-31H,10-13,15-21H2,1-9H3,(H2,39,41)(H,45,46)/t23-,25+,27-,28+,29+,30-,31+,34-,35-,36-,37+,38+/m1/s1. The van der Waals surface area contributed by atoms with Crippen molar-refractivity contribution in [3.8, 4) is 0 Å². The van der Waals surface area contributed by atoms with Gasteiger partial charge >= 0.3 is 5.97 Å². The number of fused-ring (bicyclic) bond motifs is 3. The van der Waals surface area contributed by atoms with Crippen LogP contribution >= 0.6 is 0 Å². The smallest absolute Gasteiger partial charge is 0.307 e. The van der Waals surface area contributed by atoms with Crippen LogP contribution in [0, 0.1) is 62.6 Å². The molecule has 1 aromatic rings. The molecular weight excluding hydrogens is 604 g/mol. The Morgan fingerprint density at radius 3 is 2.44 bits per heavy atom. The van der Waals surface area contributed by atoms with Crippen molar-refractivity contribution < 1.29 is 19.4 Å². The molecule has 0 unspecified atom stereocenters. The molecule has 48 heavy (non-hydrogen) atoms. The fourth-order valence-corrected chi connectivity index (χ4v) is 12.9. The molecule has 12 atom stereocenters. The van der Waals surface area contributed by atoms with Crippen molar-refractivity contribution >= 4 is 11.9 Å². The van der Waals surface area contributed by atoms with E-state index in [2.05, 4.69) is 88.9 Å². The number of carbonyl (C=O) groups is 1. The van der Waals surface area contributed by atoms with Gasteiger partial charge in [-0.25, -0.2) is 0 Å². The van der Waals surface area contributed by atoms with Crippen molar-refractivity contribution in [1.82, 2.24) is 25.1 Å². The molecule has 268 valence electrons. The quantitative estimate of drug-likeness (QED) is 0.300. The summed E-state index contributed by atoms with van der Waals surface area (Å²) in [5, 5.41) is 24.3. The first-order valence-electron chi connectivity index (χ1n) is 18.9. The molecule has 0 radical (unpaired) electrons. The first kappa shape index (κ1) is 34.4. The zero-order chi connectivity index (χ0) is 34.6. The van der Waals surface area contributed by atoms with E-state index in [1.807, 2.05) is 0 Å². The van der Waals surface area contributed by atoms with Gasteiger partial charge in [-0.05, 0) is 117 Å². The van der Waals surface area contributed by atoms with Gasteiger partial charge in [0.15, 0.2) is 0 Å². The lowest BCUT2D eigenvalue weighted by molar-refractivity contribution is -0.253. The van der Waals surface area contributed by atoms with Crippen LogP contribution in [0.1, 0.15) is 106 Å². The number of ether oxygens (including phenoxy) is 2. The van der Waals surface area contributed by atoms with E-state index < -0.39 is 11.9 Å². The number of tetrazole rings is 1. The summed E-state index contributed by atoms with van der Waals surface area (Å²) in [6.07, 6.45) is 10.6. The van der Waals surface area contributed by atoms with Gasteiger partial charge in [0.1, 0.15) is 6.04 Å². The van der Waals surface area contributed by atoms with Crippen molar-refractivity contribution in [1.29, 1.82) is 0 Å². The Hall–Kier alpha value is -2.04. The van der Waals surface area contributed by atoms with E-state index >= 15 is 0 Å². The molecule has 0 amide bonds. The topological polar surface area (TPSA) is 129 Å². The van der Waals surface area contributed by atoms with E-state index in [4.69, 9.17) is 15.2 Å². The summed E-state index contributed by atoms with van der Waals surface area (Å²) in [6, 6.07) is 0.252. The van der Waals surface area contributed by atoms with Crippen LogP contribution in [0.15, 0.2) is 11.6 Å². The minimum Gasteiger partial charge on any atom is -0.481 e. The van der Waals surface area contributed by atoms with Crippen molar-refractivity contribution in [3.63, 3.8) is 0 Å². The number of carboxylic acids is 1. The Morgan fingerprint density at radius 1 is 1.10 bits per heavy atom. The van der Waals surface area contributed by atoms with E-state index in [-0.39, 0.29) is 45.2 Å². The zero-order valence-electron chi connectivity index (χ0n) is 31.0. The van der Waals surface area contributed by atoms with Crippen LogP contribution in [0.2, 0.25) is 0 Å². The summed E-state index contributed by atoms with van der Waals surface area (Å²) in [6.45, 7) is 18.2. The third-order valence-electron chi connectivity index (χ3n) is 16.1. The molecular formula is C38H62N6O4. The first-order chi connectivity index (χ1) is 22.5. The van der Waals surface area contributed by atoms with Gasteiger partial charge in [-0.1, -0.05) is 65.2 Å². The SMILES string of the molecule is CC(C)[C@@H](C)[C@@]1(C)CC[C@]2(C)[C@H]3CC[C@@H]4[C@@]5(COC[C@@]4(C)[C@@H](OC[C@@H](C4CC4)N(C)C)[C@H](n4nnc(N)n4)C5)C3=CC[C@@]2(C)[C@@H]1C(=O)O. The largest absolute Gasteiger partial charge is 0.481 e. The molecule has 5 aliphatic carbocycles. The molecule has 10 nitrogen and oxygen atoms in total. The molecule has 4 saturated carbocycles. The third kappa shape index (κ3) is 4.73. The number of likely N-dealkylation sites (N-methyl/N-ethyl adjacent to an activating group) is 1. The van der Waals surface area contributed by atoms with Crippen LogP contribution in [0.25, 0.3) is 0 Å². The molecule has 5 fully saturated rings. The second kappa shape index (κ2) is 11.5. The summed E-state index contributed by atoms with van der Waals surface area (Å²) in [5.41, 5.74) is 6.41. The number of nitrogens with two attached hydrogens (primary N) is 1. The summed E-state index contributed by atoms with van der Waals surface area (Å²) >= 11 is 0. The minimum atomic E-state index is -0.620. The Balaban J connectivity index is 1.29. The predicted molar refractivity (Wildman–Crippen MR) is 185 cm³/mol. The number of anilines is 1. The van der Waals surface area contributed by atoms with E-state index in [9.17, 15) is 9.90 Å². The van der Waals surface area contributed by atoms with Gasteiger partial charge in [0, 0.05) is 16.9 Å². The fourth-order valence-electron chi connectivity index (χ4n) is 12.9. The van der Waals surface area contributed by atoms with Crippen LogP contribution < -0.4 is 5.73 Å². The molecule has 6 aliphatic rings. The highest BCUT2D eigenvalue weighted by atomic mass is 16.5. The Bertz CT molecular complexity index is 1440. The Morgan fingerprint density at radius 2 is 1.83 bits per heavy atom. The van der Waals surface area contributed by atoms with Crippen molar-refractivity contribution in [2.75, 3.05) is 39.6 Å². The van der Waals surface area contributed by atoms with E-state index in [1.54, 1.807) is 4.80 Å². The van der Waals surface area contributed by atoms with Crippen LogP contribution in [0.4, 0.5) is 5.95 Å². The lowest BCUT2D eigenvalue weighted by atomic mass is 9.34. The molecule has 1 aliphatic heterocycles. The van der Waals surface area contributed by atoms with Crippen molar-refractivity contribution in [2.45, 2.75) is 118 Å². The van der Waals surface area contributed by atoms with Gasteiger partial charge in [0.2, 0.25) is 0 Å². The Labute approximate surface area is 287 Å². The van der Waals surface area contributed by atoms with Crippen LogP contribution in [-0.2, 0) is 14.3 Å². The van der Waals surface area contributed by atoms with Gasteiger partial charge < -0.3 is 25.2 Å². The average Bonchev–Trinajstić information content (AvgIpc) is 3.76. The van der Waals surface area contributed by atoms with Gasteiger partial charge in [0.25, 0.3) is 5.95 Å². The number of aromatic nitrogens is 4. The molecule has 3 N–H and O–H groups in total. The van der Waals surface area contributed by atoms with Crippen LogP contribution in [0.5, 0.6) is 0 Å². The lowest BCUT2D eigenvalue weighted by Crippen LogP contribution is -2.69. The molecule has 1 aromatic heterocycles. The van der Waals surface area contributed by atoms with Crippen LogP contribution in [-0.4, -0.2) is 82.2 Å². The molecule has 2 heterocycles. The zero-order valence-corrected chi connectivity index (χ0v) is 31.0. The summed E-state index contributed by atoms with van der Waals surface area (Å²) in [4.78, 5) is 17.5. The normalized spacial score (nSPS) is 45.1. The second-order valence-electron chi connectivity index (χ2n) is 18.7. The average molecular weight is 667 g/mol. The number of carboxylic acid groups (broad SMARTS) is 1. The lowest BCUT2D eigenvalue weighted by Gasteiger charge is -2.71. The highest BCUT2D eigenvalue weighted by Gasteiger charge is 2.72. The molecule has 1 saturated heterocycles. The summed E-state index contributed by atoms with van der Waals surface area (Å²) < 4.78 is 13.8. The van der Waals surface area contributed by atoms with Gasteiger partial charge in [-0.3, -0.25) is 4.79 Å². The molecule has 0 aromatic carbocycles. The number of nitrogen functional groups attached to an aromatic ring is 1. The highest BCUT2D eigenvalue weighted by Crippen LogP contribution is 2.75. The Kier molecular flexibility index (Phi) is 8.24. The second-order valence-corrected chi connectivity index (χ2v) is 18.7. The molecule has 2 bridgehead atoms. The van der Waals surface area contributed by atoms with Gasteiger partial charge in [-0.15, -0.1) is 5.10 Å². The maximum atomic E-state index is 13.4. The maximum absolute atomic E-state index is 13.4. The van der Waals surface area contributed by atoms with Gasteiger partial charge in [0.05, 0.1) is 31.8 Å². The number of hydrogen-bond donors (Lipinski definition) is 2. The van der Waals surface area contributed by atoms with Crippen molar-refractivity contribution in [2.24, 2.45) is 62.6 Å². The molecule has 0 spiro atoms. The summed E-state index contributed by atoms with van der Waals surface area (Å²) in [7, 11) is 4.33. The highest BCUT2D eigenvalue weighted by molar-refractivity contribution is 5.73. The van der Waals surface area contributed by atoms with E-state index in [0.29, 0.717) is 55.5 Å². The van der Waals surface area contributed by atoms with E-state index in [0.717, 1.165) is 38.5 Å². The monoisotopic (exact) mass is 666 g/mol. The molecule has 7 rings (SSSR count). The predicted octanol–water partition coefficient (Wildman–Crippen LogP) is 6.11. The number of rotatable bonds is 9. The number of hydrogen-bond acceptors (Lipinski definition) is 8. The number of allylic oxidation sites excluding steroid dienone is 1. The van der Waals surface area contributed by atoms with E-state index in [1.165, 1.54) is 18.4 Å². The van der Waals surface area contributed by atoms with Gasteiger partial charge in [-0.2, -0.15) is 4.80 Å². The fraction of sp³-hybridized carbons (Fsp3) is 0.895. The molecule has 10 heteroatoms.